The number of unbranched alkanes of at least 4 members (excludes halogenated alkanes) is 1. The van der Waals surface area contributed by atoms with Gasteiger partial charge in [-0.05, 0) is 55.6 Å². The molecule has 3 nitrogen and oxygen atoms in total. The number of Topliss-reactive ketones (excluding diaryl/α,β-unsaturated/α-hetero) is 3. The molecule has 0 aromatic heterocycles. The second kappa shape index (κ2) is 11.4. The number of rotatable bonds is 12. The predicted octanol–water partition coefficient (Wildman–Crippen LogP) is 6.29. The van der Waals surface area contributed by atoms with Crippen molar-refractivity contribution in [3.05, 3.63) is 34.9 Å². The van der Waals surface area contributed by atoms with E-state index in [1.165, 1.54) is 0 Å². The van der Waals surface area contributed by atoms with E-state index in [2.05, 4.69) is 26.8 Å². The summed E-state index contributed by atoms with van der Waals surface area (Å²) >= 11 is 0. The molecule has 29 heavy (non-hydrogen) atoms. The zero-order valence-electron chi connectivity index (χ0n) is 18.8. The summed E-state index contributed by atoms with van der Waals surface area (Å²) in [6, 6.07) is 6.13. The highest BCUT2D eigenvalue weighted by Gasteiger charge is 2.32. The van der Waals surface area contributed by atoms with Gasteiger partial charge in [0.15, 0.2) is 5.78 Å². The molecule has 2 rings (SSSR count). The first-order valence-electron chi connectivity index (χ1n) is 11.6. The first kappa shape index (κ1) is 23.5. The number of benzene rings is 1. The van der Waals surface area contributed by atoms with Gasteiger partial charge >= 0.3 is 0 Å². The van der Waals surface area contributed by atoms with Crippen LogP contribution in [-0.2, 0) is 16.0 Å². The number of ketones is 3. The number of carbonyl (C=O) groups excluding carboxylic acids is 3. The molecule has 0 saturated heterocycles. The Morgan fingerprint density at radius 3 is 2.52 bits per heavy atom. The number of hydrogen-bond donors (Lipinski definition) is 0. The van der Waals surface area contributed by atoms with E-state index in [1.54, 1.807) is 0 Å². The maximum atomic E-state index is 12.9. The van der Waals surface area contributed by atoms with Crippen LogP contribution in [0.25, 0.3) is 0 Å². The van der Waals surface area contributed by atoms with Crippen LogP contribution in [-0.4, -0.2) is 17.3 Å². The van der Waals surface area contributed by atoms with Gasteiger partial charge in [0.25, 0.3) is 0 Å². The molecule has 3 atom stereocenters. The topological polar surface area (TPSA) is 51.2 Å². The van der Waals surface area contributed by atoms with Crippen molar-refractivity contribution in [2.24, 2.45) is 17.8 Å². The average Bonchev–Trinajstić information content (AvgIpc) is 2.66. The second-order valence-corrected chi connectivity index (χ2v) is 8.89. The number of aryl methyl sites for hydroxylation is 1. The van der Waals surface area contributed by atoms with Crippen molar-refractivity contribution < 1.29 is 14.4 Å². The number of carbonyl (C=O) groups is 3. The van der Waals surface area contributed by atoms with Gasteiger partial charge in [-0.15, -0.1) is 0 Å². The van der Waals surface area contributed by atoms with E-state index in [0.29, 0.717) is 18.8 Å². The monoisotopic (exact) mass is 398 g/mol. The molecule has 0 amide bonds. The van der Waals surface area contributed by atoms with E-state index in [4.69, 9.17) is 0 Å². The van der Waals surface area contributed by atoms with Crippen molar-refractivity contribution in [3.8, 4) is 0 Å². The minimum atomic E-state index is -0.0606. The van der Waals surface area contributed by atoms with Gasteiger partial charge in [0, 0.05) is 24.3 Å². The van der Waals surface area contributed by atoms with Crippen LogP contribution in [0.4, 0.5) is 0 Å². The average molecular weight is 399 g/mol. The number of hydrogen-bond acceptors (Lipinski definition) is 3. The Morgan fingerprint density at radius 2 is 1.86 bits per heavy atom. The molecule has 3 heteroatoms. The van der Waals surface area contributed by atoms with Gasteiger partial charge in [-0.3, -0.25) is 14.4 Å². The summed E-state index contributed by atoms with van der Waals surface area (Å²) in [7, 11) is 0. The minimum absolute atomic E-state index is 0.0606. The third kappa shape index (κ3) is 6.35. The van der Waals surface area contributed by atoms with Crippen LogP contribution in [0, 0.1) is 24.7 Å². The minimum Gasteiger partial charge on any atom is -0.299 e. The SMILES string of the molecule is CCCCC(=O)CC(=O)C(CC)C(CCC)CC1CC(=O)c2c(C)cccc2C1. The van der Waals surface area contributed by atoms with Crippen LogP contribution in [0.1, 0.15) is 100 Å². The Kier molecular flexibility index (Phi) is 9.26. The third-order valence-corrected chi connectivity index (χ3v) is 6.52. The largest absolute Gasteiger partial charge is 0.299 e. The first-order valence-corrected chi connectivity index (χ1v) is 11.6. The summed E-state index contributed by atoms with van der Waals surface area (Å²) < 4.78 is 0. The molecule has 1 aliphatic carbocycles. The Morgan fingerprint density at radius 1 is 1.10 bits per heavy atom. The highest BCUT2D eigenvalue weighted by molar-refractivity contribution is 6.00. The Bertz CT molecular complexity index is 719. The van der Waals surface area contributed by atoms with Crippen molar-refractivity contribution in [3.63, 3.8) is 0 Å². The highest BCUT2D eigenvalue weighted by Crippen LogP contribution is 2.36. The van der Waals surface area contributed by atoms with Gasteiger partial charge in [0.1, 0.15) is 11.6 Å². The second-order valence-electron chi connectivity index (χ2n) is 8.89. The van der Waals surface area contributed by atoms with Crippen molar-refractivity contribution in [1.82, 2.24) is 0 Å². The molecule has 0 radical (unpaired) electrons. The van der Waals surface area contributed by atoms with Crippen LogP contribution in [0.15, 0.2) is 18.2 Å². The van der Waals surface area contributed by atoms with Gasteiger partial charge in [-0.25, -0.2) is 0 Å². The summed E-state index contributed by atoms with van der Waals surface area (Å²) in [4.78, 5) is 37.8. The highest BCUT2D eigenvalue weighted by atomic mass is 16.1. The smallest absolute Gasteiger partial charge is 0.163 e. The van der Waals surface area contributed by atoms with Gasteiger partial charge in [-0.2, -0.15) is 0 Å². The fraction of sp³-hybridized carbons (Fsp3) is 0.654. The van der Waals surface area contributed by atoms with E-state index in [0.717, 1.165) is 61.6 Å². The number of fused-ring (bicyclic) bond motifs is 1. The van der Waals surface area contributed by atoms with Crippen molar-refractivity contribution in [1.29, 1.82) is 0 Å². The molecular formula is C26H38O3. The van der Waals surface area contributed by atoms with Gasteiger partial charge < -0.3 is 0 Å². The molecule has 3 unspecified atom stereocenters. The van der Waals surface area contributed by atoms with Crippen LogP contribution in [0.2, 0.25) is 0 Å². The van der Waals surface area contributed by atoms with Crippen molar-refractivity contribution in [2.75, 3.05) is 0 Å². The van der Waals surface area contributed by atoms with Crippen molar-refractivity contribution >= 4 is 17.3 Å². The standard InChI is InChI=1S/C26H38O3/c1-5-8-13-22(27)17-24(28)23(7-3)20(10-6-2)14-19-15-21-12-9-11-18(4)26(21)25(29)16-19/h9,11-12,19-20,23H,5-8,10,13-17H2,1-4H3. The molecule has 160 valence electrons. The predicted molar refractivity (Wildman–Crippen MR) is 118 cm³/mol. The van der Waals surface area contributed by atoms with Gasteiger partial charge in [0.05, 0.1) is 6.42 Å². The molecule has 0 fully saturated rings. The summed E-state index contributed by atoms with van der Waals surface area (Å²) in [6.45, 7) is 8.29. The molecule has 0 saturated carbocycles. The molecule has 1 aromatic rings. The quantitative estimate of drug-likeness (QED) is 0.389. The molecule has 0 bridgehead atoms. The zero-order valence-corrected chi connectivity index (χ0v) is 18.8. The lowest BCUT2D eigenvalue weighted by atomic mass is 9.72. The molecule has 1 aliphatic rings. The van der Waals surface area contributed by atoms with Crippen LogP contribution in [0.5, 0.6) is 0 Å². The van der Waals surface area contributed by atoms with E-state index >= 15 is 0 Å². The van der Waals surface area contributed by atoms with Gasteiger partial charge in [0.2, 0.25) is 0 Å². The maximum absolute atomic E-state index is 12.9. The summed E-state index contributed by atoms with van der Waals surface area (Å²) in [5.41, 5.74) is 3.15. The van der Waals surface area contributed by atoms with Crippen molar-refractivity contribution in [2.45, 2.75) is 91.9 Å². The Hall–Kier alpha value is -1.77. The van der Waals surface area contributed by atoms with Gasteiger partial charge in [-0.1, -0.05) is 58.2 Å². The molecule has 0 aliphatic heterocycles. The Balaban J connectivity index is 2.09. The molecule has 0 heterocycles. The lowest BCUT2D eigenvalue weighted by molar-refractivity contribution is -0.130. The fourth-order valence-electron chi connectivity index (χ4n) is 5.11. The van der Waals surface area contributed by atoms with Crippen LogP contribution < -0.4 is 0 Å². The molecular weight excluding hydrogens is 360 g/mol. The van der Waals surface area contributed by atoms with Crippen LogP contribution >= 0.6 is 0 Å². The zero-order chi connectivity index (χ0) is 21.4. The maximum Gasteiger partial charge on any atom is 0.163 e. The van der Waals surface area contributed by atoms with E-state index in [-0.39, 0.29) is 35.6 Å². The van der Waals surface area contributed by atoms with E-state index < -0.39 is 0 Å². The lowest BCUT2D eigenvalue weighted by Gasteiger charge is -2.31. The molecule has 0 spiro atoms. The Labute approximate surface area is 176 Å². The third-order valence-electron chi connectivity index (χ3n) is 6.52. The molecule has 0 N–H and O–H groups in total. The summed E-state index contributed by atoms with van der Waals surface area (Å²) in [5, 5.41) is 0. The summed E-state index contributed by atoms with van der Waals surface area (Å²) in [5.74, 6) is 0.952. The van der Waals surface area contributed by atoms with E-state index in [9.17, 15) is 14.4 Å². The summed E-state index contributed by atoms with van der Waals surface area (Å²) in [6.07, 6.45) is 7.64. The normalized spacial score (nSPS) is 18.2. The first-order chi connectivity index (χ1) is 13.9. The molecule has 1 aromatic carbocycles. The van der Waals surface area contributed by atoms with Crippen LogP contribution in [0.3, 0.4) is 0 Å². The fourth-order valence-corrected chi connectivity index (χ4v) is 5.11. The lowest BCUT2D eigenvalue weighted by Crippen LogP contribution is -2.30. The van der Waals surface area contributed by atoms with E-state index in [1.807, 2.05) is 19.1 Å².